The van der Waals surface area contributed by atoms with E-state index in [2.05, 4.69) is 37.7 Å². The van der Waals surface area contributed by atoms with Crippen LogP contribution >= 0.6 is 15.9 Å². The SMILES string of the molecule is CC(=O)N1CCc2cc(Br)cc(S(=O)(=O)NC3CCN(Cc4ccccc4)CC3)c21. The van der Waals surface area contributed by atoms with Crippen LogP contribution in [-0.2, 0) is 27.8 Å². The Morgan fingerprint density at radius 2 is 1.83 bits per heavy atom. The van der Waals surface area contributed by atoms with Crippen LogP contribution in [0, 0.1) is 0 Å². The average Bonchev–Trinajstić information content (AvgIpc) is 3.13. The van der Waals surface area contributed by atoms with Crippen LogP contribution in [0.4, 0.5) is 5.69 Å². The number of piperidine rings is 1. The lowest BCUT2D eigenvalue weighted by Gasteiger charge is -2.32. The third-order valence-electron chi connectivity index (χ3n) is 5.82. The van der Waals surface area contributed by atoms with E-state index in [1.54, 1.807) is 11.0 Å². The van der Waals surface area contributed by atoms with Gasteiger partial charge >= 0.3 is 0 Å². The fourth-order valence-electron chi connectivity index (χ4n) is 4.32. The van der Waals surface area contributed by atoms with Crippen molar-refractivity contribution in [2.75, 3.05) is 24.5 Å². The summed E-state index contributed by atoms with van der Waals surface area (Å²) in [5.74, 6) is -0.137. The van der Waals surface area contributed by atoms with Crippen molar-refractivity contribution in [3.8, 4) is 0 Å². The molecule has 2 aliphatic rings. The molecule has 4 rings (SSSR count). The molecule has 2 aromatic rings. The first kappa shape index (κ1) is 21.5. The van der Waals surface area contributed by atoms with Crippen molar-refractivity contribution >= 4 is 37.5 Å². The van der Waals surface area contributed by atoms with Crippen LogP contribution in [0.15, 0.2) is 51.8 Å². The van der Waals surface area contributed by atoms with Crippen LogP contribution in [0.25, 0.3) is 0 Å². The van der Waals surface area contributed by atoms with Gasteiger partial charge in [-0.1, -0.05) is 46.3 Å². The second-order valence-corrected chi connectivity index (χ2v) is 10.6. The van der Waals surface area contributed by atoms with Gasteiger partial charge in [-0.3, -0.25) is 9.69 Å². The van der Waals surface area contributed by atoms with Crippen LogP contribution in [-0.4, -0.2) is 44.9 Å². The maximum absolute atomic E-state index is 13.3. The molecule has 0 radical (unpaired) electrons. The lowest BCUT2D eigenvalue weighted by Crippen LogP contribution is -2.44. The van der Waals surface area contributed by atoms with Crippen molar-refractivity contribution in [1.82, 2.24) is 9.62 Å². The normalized spacial score (nSPS) is 17.9. The topological polar surface area (TPSA) is 69.7 Å². The van der Waals surface area contributed by atoms with Crippen LogP contribution in [0.5, 0.6) is 0 Å². The van der Waals surface area contributed by atoms with Gasteiger partial charge in [0, 0.05) is 43.6 Å². The summed E-state index contributed by atoms with van der Waals surface area (Å²) in [7, 11) is -3.74. The number of hydrogen-bond acceptors (Lipinski definition) is 4. The number of nitrogens with one attached hydrogen (secondary N) is 1. The van der Waals surface area contributed by atoms with Crippen LogP contribution < -0.4 is 9.62 Å². The Morgan fingerprint density at radius 1 is 1.13 bits per heavy atom. The van der Waals surface area contributed by atoms with Crippen molar-refractivity contribution in [1.29, 1.82) is 0 Å². The van der Waals surface area contributed by atoms with Crippen LogP contribution in [0.1, 0.15) is 30.9 Å². The lowest BCUT2D eigenvalue weighted by molar-refractivity contribution is -0.116. The van der Waals surface area contributed by atoms with Crippen LogP contribution in [0.2, 0.25) is 0 Å². The Kier molecular flexibility index (Phi) is 6.29. The maximum Gasteiger partial charge on any atom is 0.242 e. The summed E-state index contributed by atoms with van der Waals surface area (Å²) in [6.45, 7) is 4.56. The zero-order valence-electron chi connectivity index (χ0n) is 17.0. The van der Waals surface area contributed by atoms with E-state index < -0.39 is 10.0 Å². The molecule has 0 saturated carbocycles. The third-order valence-corrected chi connectivity index (χ3v) is 7.81. The molecule has 1 amide bonds. The number of anilines is 1. The Balaban J connectivity index is 1.47. The highest BCUT2D eigenvalue weighted by atomic mass is 79.9. The highest BCUT2D eigenvalue weighted by Gasteiger charge is 2.33. The number of halogens is 1. The summed E-state index contributed by atoms with van der Waals surface area (Å²) < 4.78 is 30.2. The number of fused-ring (bicyclic) bond motifs is 1. The molecule has 0 bridgehead atoms. The predicted octanol–water partition coefficient (Wildman–Crippen LogP) is 3.30. The first-order chi connectivity index (χ1) is 14.3. The summed E-state index contributed by atoms with van der Waals surface area (Å²) in [6.07, 6.45) is 2.19. The molecule has 0 spiro atoms. The molecule has 0 aromatic heterocycles. The van der Waals surface area contributed by atoms with E-state index >= 15 is 0 Å². The van der Waals surface area contributed by atoms with Crippen molar-refractivity contribution in [2.24, 2.45) is 0 Å². The van der Waals surface area contributed by atoms with Gasteiger partial charge in [0.05, 0.1) is 5.69 Å². The van der Waals surface area contributed by atoms with Crippen molar-refractivity contribution in [3.63, 3.8) is 0 Å². The molecule has 1 saturated heterocycles. The minimum absolute atomic E-state index is 0.108. The summed E-state index contributed by atoms with van der Waals surface area (Å²) in [5, 5.41) is 0. The second kappa shape index (κ2) is 8.78. The number of benzene rings is 2. The van der Waals surface area contributed by atoms with E-state index in [-0.39, 0.29) is 16.8 Å². The van der Waals surface area contributed by atoms with Gasteiger partial charge < -0.3 is 4.90 Å². The van der Waals surface area contributed by atoms with Crippen molar-refractivity contribution in [3.05, 3.63) is 58.1 Å². The monoisotopic (exact) mass is 491 g/mol. The molecule has 2 aromatic carbocycles. The standard InChI is InChI=1S/C22H26BrN3O3S/c1-16(27)26-12-7-18-13-19(23)14-21(22(18)26)30(28,29)24-20-8-10-25(11-9-20)15-17-5-3-2-4-6-17/h2-6,13-14,20,24H,7-12,15H2,1H3. The number of sulfonamides is 1. The van der Waals surface area contributed by atoms with E-state index in [1.165, 1.54) is 12.5 Å². The van der Waals surface area contributed by atoms with E-state index in [9.17, 15) is 13.2 Å². The molecular formula is C22H26BrN3O3S. The molecule has 30 heavy (non-hydrogen) atoms. The number of carbonyl (C=O) groups excluding carboxylic acids is 1. The molecule has 6 nitrogen and oxygen atoms in total. The molecule has 0 aliphatic carbocycles. The van der Waals surface area contributed by atoms with E-state index in [1.807, 2.05) is 24.3 Å². The summed E-state index contributed by atoms with van der Waals surface area (Å²) in [5.41, 5.74) is 2.68. The Morgan fingerprint density at radius 3 is 2.50 bits per heavy atom. The van der Waals surface area contributed by atoms with Gasteiger partial charge in [-0.05, 0) is 42.5 Å². The molecule has 2 aliphatic heterocycles. The minimum Gasteiger partial charge on any atom is -0.311 e. The van der Waals surface area contributed by atoms with Crippen LogP contribution in [0.3, 0.4) is 0 Å². The van der Waals surface area contributed by atoms with Gasteiger partial charge in [0.1, 0.15) is 4.90 Å². The van der Waals surface area contributed by atoms with E-state index in [4.69, 9.17) is 0 Å². The maximum atomic E-state index is 13.3. The number of nitrogens with zero attached hydrogens (tertiary/aromatic N) is 2. The molecule has 1 N–H and O–H groups in total. The van der Waals surface area contributed by atoms with Crippen molar-refractivity contribution in [2.45, 2.75) is 43.7 Å². The number of hydrogen-bond donors (Lipinski definition) is 1. The Hall–Kier alpha value is -1.74. The Bertz CT molecular complexity index is 1040. The number of likely N-dealkylation sites (tertiary alicyclic amines) is 1. The molecule has 2 heterocycles. The molecule has 0 atom stereocenters. The lowest BCUT2D eigenvalue weighted by atomic mass is 10.1. The van der Waals surface area contributed by atoms with Gasteiger partial charge in [0.2, 0.25) is 15.9 Å². The van der Waals surface area contributed by atoms with E-state index in [0.29, 0.717) is 23.1 Å². The summed E-state index contributed by atoms with van der Waals surface area (Å²) in [6, 6.07) is 13.7. The molecular weight excluding hydrogens is 466 g/mol. The van der Waals surface area contributed by atoms with Gasteiger partial charge in [0.25, 0.3) is 0 Å². The predicted molar refractivity (Wildman–Crippen MR) is 121 cm³/mol. The van der Waals surface area contributed by atoms with E-state index in [0.717, 1.165) is 38.0 Å². The zero-order chi connectivity index (χ0) is 21.3. The average molecular weight is 492 g/mol. The quantitative estimate of drug-likeness (QED) is 0.696. The Labute approximate surface area is 186 Å². The largest absolute Gasteiger partial charge is 0.311 e. The number of rotatable bonds is 5. The molecule has 0 unspecified atom stereocenters. The first-order valence-electron chi connectivity index (χ1n) is 10.2. The van der Waals surface area contributed by atoms with Gasteiger partial charge in [-0.15, -0.1) is 0 Å². The summed E-state index contributed by atoms with van der Waals surface area (Å²) in [4.78, 5) is 16.2. The van der Waals surface area contributed by atoms with Gasteiger partial charge in [-0.2, -0.15) is 0 Å². The van der Waals surface area contributed by atoms with Crippen molar-refractivity contribution < 1.29 is 13.2 Å². The fourth-order valence-corrected chi connectivity index (χ4v) is 6.56. The minimum atomic E-state index is -3.74. The first-order valence-corrected chi connectivity index (χ1v) is 12.5. The fraction of sp³-hybridized carbons (Fsp3) is 0.409. The second-order valence-electron chi connectivity index (χ2n) is 7.99. The smallest absolute Gasteiger partial charge is 0.242 e. The highest BCUT2D eigenvalue weighted by molar-refractivity contribution is 9.10. The number of carbonyl (C=O) groups is 1. The summed E-state index contributed by atoms with van der Waals surface area (Å²) >= 11 is 3.43. The van der Waals surface area contributed by atoms with Gasteiger partial charge in [0.15, 0.2) is 0 Å². The third kappa shape index (κ3) is 4.61. The zero-order valence-corrected chi connectivity index (χ0v) is 19.4. The van der Waals surface area contributed by atoms with Gasteiger partial charge in [-0.25, -0.2) is 13.1 Å². The molecule has 8 heteroatoms. The number of amides is 1. The molecule has 160 valence electrons. The molecule has 1 fully saturated rings. The highest BCUT2D eigenvalue weighted by Crippen LogP contribution is 2.37.